The number of hydrogen-bond acceptors (Lipinski definition) is 9. The van der Waals surface area contributed by atoms with Crippen LogP contribution < -0.4 is 0 Å². The van der Waals surface area contributed by atoms with Crippen LogP contribution in [0.25, 0.3) is 0 Å². The summed E-state index contributed by atoms with van der Waals surface area (Å²) in [5, 5.41) is 11.7. The van der Waals surface area contributed by atoms with Gasteiger partial charge in [-0.1, -0.05) is 0 Å². The van der Waals surface area contributed by atoms with Gasteiger partial charge in [0.2, 0.25) is 0 Å². The Hall–Kier alpha value is -1.84. The first-order valence-corrected chi connectivity index (χ1v) is 7.66. The third kappa shape index (κ3) is 3.49. The van der Waals surface area contributed by atoms with Crippen LogP contribution in [-0.2, 0) is 28.6 Å². The predicted molar refractivity (Wildman–Crippen MR) is 74.8 cm³/mol. The molecule has 0 amide bonds. The van der Waals surface area contributed by atoms with Gasteiger partial charge in [0.15, 0.2) is 12.2 Å². The zero-order chi connectivity index (χ0) is 16.9. The van der Waals surface area contributed by atoms with E-state index < -0.39 is 40.6 Å². The second-order valence-corrected chi connectivity index (χ2v) is 5.61. The van der Waals surface area contributed by atoms with Crippen LogP contribution in [-0.4, -0.2) is 58.7 Å². The van der Waals surface area contributed by atoms with Crippen molar-refractivity contribution in [3.05, 3.63) is 10.1 Å². The number of rotatable bonds is 5. The van der Waals surface area contributed by atoms with Gasteiger partial charge in [-0.2, -0.15) is 11.8 Å². The molecule has 0 radical (unpaired) electrons. The summed E-state index contributed by atoms with van der Waals surface area (Å²) in [6.45, 7) is 3.55. The molecule has 0 aliphatic carbocycles. The molecular formula is C12H17NO8S. The maximum atomic E-state index is 12.3. The third-order valence-corrected chi connectivity index (χ3v) is 4.12. The van der Waals surface area contributed by atoms with E-state index in [0.717, 1.165) is 13.8 Å². The standard InChI is InChI=1S/C12H17NO8S/c1-4-19-11(16)12(13(17)18)9(20-7(2)14)5-22-6-10(12)21-8(3)15/h9-10H,4-6H2,1-3H3/t9-,10+,12?. The molecule has 0 saturated carbocycles. The molecule has 0 bridgehead atoms. The van der Waals surface area contributed by atoms with Crippen molar-refractivity contribution in [2.75, 3.05) is 18.1 Å². The quantitative estimate of drug-likeness (QED) is 0.299. The van der Waals surface area contributed by atoms with Gasteiger partial charge in [-0.15, -0.1) is 0 Å². The van der Waals surface area contributed by atoms with Gasteiger partial charge in [-0.05, 0) is 6.92 Å². The van der Waals surface area contributed by atoms with Crippen molar-refractivity contribution >= 4 is 29.7 Å². The summed E-state index contributed by atoms with van der Waals surface area (Å²) < 4.78 is 14.7. The summed E-state index contributed by atoms with van der Waals surface area (Å²) in [6, 6.07) is 0. The highest BCUT2D eigenvalue weighted by Crippen LogP contribution is 2.36. The average molecular weight is 335 g/mol. The zero-order valence-electron chi connectivity index (χ0n) is 12.4. The van der Waals surface area contributed by atoms with Gasteiger partial charge in [0.1, 0.15) is 0 Å². The maximum Gasteiger partial charge on any atom is 0.393 e. The number of carbonyl (C=O) groups is 3. The Balaban J connectivity index is 3.35. The van der Waals surface area contributed by atoms with Gasteiger partial charge in [-0.3, -0.25) is 19.7 Å². The van der Waals surface area contributed by atoms with E-state index in [9.17, 15) is 24.5 Å². The maximum absolute atomic E-state index is 12.3. The summed E-state index contributed by atoms with van der Waals surface area (Å²) in [4.78, 5) is 45.5. The topological polar surface area (TPSA) is 122 Å². The molecule has 0 N–H and O–H groups in total. The van der Waals surface area contributed by atoms with Crippen LogP contribution in [0.3, 0.4) is 0 Å². The van der Waals surface area contributed by atoms with Crippen LogP contribution in [0.5, 0.6) is 0 Å². The number of nitro groups is 1. The molecule has 1 heterocycles. The Kier molecular flexibility index (Phi) is 6.15. The molecule has 3 atom stereocenters. The molecule has 1 fully saturated rings. The van der Waals surface area contributed by atoms with E-state index in [1.54, 1.807) is 0 Å². The number of thioether (sulfide) groups is 1. The normalized spacial score (nSPS) is 27.6. The lowest BCUT2D eigenvalue weighted by Crippen LogP contribution is -2.69. The molecule has 0 aromatic rings. The molecule has 1 unspecified atom stereocenters. The van der Waals surface area contributed by atoms with Crippen LogP contribution >= 0.6 is 11.8 Å². The van der Waals surface area contributed by atoms with E-state index in [1.165, 1.54) is 18.7 Å². The first kappa shape index (κ1) is 18.2. The molecule has 0 aromatic heterocycles. The molecule has 22 heavy (non-hydrogen) atoms. The Morgan fingerprint density at radius 1 is 1.18 bits per heavy atom. The van der Waals surface area contributed by atoms with Crippen molar-refractivity contribution in [1.29, 1.82) is 0 Å². The molecule has 10 heteroatoms. The van der Waals surface area contributed by atoms with Crippen molar-refractivity contribution in [3.8, 4) is 0 Å². The molecule has 0 spiro atoms. The highest BCUT2D eigenvalue weighted by atomic mass is 32.2. The number of nitrogens with zero attached hydrogens (tertiary/aromatic N) is 1. The summed E-state index contributed by atoms with van der Waals surface area (Å²) in [6.07, 6.45) is -2.77. The largest absolute Gasteiger partial charge is 0.460 e. The summed E-state index contributed by atoms with van der Waals surface area (Å²) >= 11 is 1.18. The van der Waals surface area contributed by atoms with Crippen molar-refractivity contribution < 1.29 is 33.5 Å². The zero-order valence-corrected chi connectivity index (χ0v) is 13.2. The molecule has 1 aliphatic heterocycles. The van der Waals surface area contributed by atoms with Crippen molar-refractivity contribution in [1.82, 2.24) is 0 Å². The third-order valence-electron chi connectivity index (χ3n) is 3.04. The van der Waals surface area contributed by atoms with E-state index in [0.29, 0.717) is 0 Å². The molecule has 1 rings (SSSR count). The van der Waals surface area contributed by atoms with Gasteiger partial charge in [0, 0.05) is 30.3 Å². The second-order valence-electron chi connectivity index (χ2n) is 4.54. The lowest BCUT2D eigenvalue weighted by molar-refractivity contribution is -0.577. The van der Waals surface area contributed by atoms with Crippen LogP contribution in [0.1, 0.15) is 20.8 Å². The average Bonchev–Trinajstić information content (AvgIpc) is 2.37. The molecule has 1 aliphatic rings. The summed E-state index contributed by atoms with van der Waals surface area (Å²) in [7, 11) is 0. The van der Waals surface area contributed by atoms with E-state index >= 15 is 0 Å². The van der Waals surface area contributed by atoms with Crippen molar-refractivity contribution in [2.45, 2.75) is 38.5 Å². The van der Waals surface area contributed by atoms with E-state index in [2.05, 4.69) is 0 Å². The van der Waals surface area contributed by atoms with E-state index in [4.69, 9.17) is 14.2 Å². The van der Waals surface area contributed by atoms with Crippen LogP contribution in [0.4, 0.5) is 0 Å². The number of hydrogen-bond donors (Lipinski definition) is 0. The fraction of sp³-hybridized carbons (Fsp3) is 0.750. The Bertz CT molecular complexity index is 456. The predicted octanol–water partition coefficient (Wildman–Crippen LogP) is 0.175. The first-order chi connectivity index (χ1) is 10.3. The van der Waals surface area contributed by atoms with E-state index in [-0.39, 0.29) is 18.1 Å². The van der Waals surface area contributed by atoms with Crippen molar-refractivity contribution in [2.24, 2.45) is 0 Å². The Morgan fingerprint density at radius 2 is 1.64 bits per heavy atom. The molecule has 9 nitrogen and oxygen atoms in total. The number of esters is 3. The SMILES string of the molecule is CCOC(=O)C1([N+](=O)[O-])[C@@H](OC(C)=O)CSC[C@H]1OC(C)=O. The lowest BCUT2D eigenvalue weighted by atomic mass is 9.87. The minimum Gasteiger partial charge on any atom is -0.460 e. The Morgan fingerprint density at radius 3 is 1.95 bits per heavy atom. The van der Waals surface area contributed by atoms with E-state index in [1.807, 2.05) is 0 Å². The molecule has 124 valence electrons. The highest BCUT2D eigenvalue weighted by Gasteiger charge is 2.69. The van der Waals surface area contributed by atoms with Gasteiger partial charge < -0.3 is 14.2 Å². The highest BCUT2D eigenvalue weighted by molar-refractivity contribution is 7.99. The minimum atomic E-state index is -2.46. The summed E-state index contributed by atoms with van der Waals surface area (Å²) in [5.41, 5.74) is -2.46. The fourth-order valence-electron chi connectivity index (χ4n) is 2.21. The summed E-state index contributed by atoms with van der Waals surface area (Å²) in [5.74, 6) is -2.68. The van der Waals surface area contributed by atoms with Gasteiger partial charge >= 0.3 is 23.4 Å². The number of ether oxygens (including phenoxy) is 3. The first-order valence-electron chi connectivity index (χ1n) is 6.50. The smallest absolute Gasteiger partial charge is 0.393 e. The lowest BCUT2D eigenvalue weighted by Gasteiger charge is -2.38. The Labute approximate surface area is 130 Å². The molecular weight excluding hydrogens is 318 g/mol. The monoisotopic (exact) mass is 335 g/mol. The van der Waals surface area contributed by atoms with Crippen molar-refractivity contribution in [3.63, 3.8) is 0 Å². The van der Waals surface area contributed by atoms with Gasteiger partial charge in [0.05, 0.1) is 6.61 Å². The molecule has 1 saturated heterocycles. The van der Waals surface area contributed by atoms with Gasteiger partial charge in [-0.25, -0.2) is 4.79 Å². The van der Waals surface area contributed by atoms with Crippen LogP contribution in [0.15, 0.2) is 0 Å². The van der Waals surface area contributed by atoms with Gasteiger partial charge in [0.25, 0.3) is 0 Å². The fourth-order valence-corrected chi connectivity index (χ4v) is 3.42. The number of carbonyl (C=O) groups excluding carboxylic acids is 3. The minimum absolute atomic E-state index is 0.0249. The molecule has 0 aromatic carbocycles. The van der Waals surface area contributed by atoms with Crippen LogP contribution in [0, 0.1) is 10.1 Å². The van der Waals surface area contributed by atoms with Crippen LogP contribution in [0.2, 0.25) is 0 Å². The second kappa shape index (κ2) is 7.43.